The Kier molecular flexibility index (Phi) is 1.49. The molecule has 0 atom stereocenters. The van der Waals surface area contributed by atoms with Gasteiger partial charge in [0.1, 0.15) is 0 Å². The number of nitrogens with zero attached hydrogens (tertiary/aromatic N) is 1. The third-order valence-corrected chi connectivity index (χ3v) is 2.78. The molecule has 13 heavy (non-hydrogen) atoms. The first-order valence-corrected chi connectivity index (χ1v) is 4.84. The van der Waals surface area contributed by atoms with Gasteiger partial charge >= 0.3 is 0 Å². The summed E-state index contributed by atoms with van der Waals surface area (Å²) >= 11 is 0. The van der Waals surface area contributed by atoms with E-state index in [1.54, 1.807) is 0 Å². The maximum Gasteiger partial charge on any atom is 0.0672 e. The zero-order chi connectivity index (χ0) is 8.67. The van der Waals surface area contributed by atoms with Gasteiger partial charge in [-0.15, -0.1) is 0 Å². The van der Waals surface area contributed by atoms with Crippen LogP contribution in [0.15, 0.2) is 40.1 Å². The van der Waals surface area contributed by atoms with Crippen molar-refractivity contribution < 1.29 is 0 Å². The van der Waals surface area contributed by atoms with E-state index in [-0.39, 0.29) is 0 Å². The van der Waals surface area contributed by atoms with Gasteiger partial charge in [0, 0.05) is 12.1 Å². The van der Waals surface area contributed by atoms with Crippen LogP contribution in [-0.4, -0.2) is 18.8 Å². The van der Waals surface area contributed by atoms with Crippen molar-refractivity contribution in [2.45, 2.75) is 12.8 Å². The van der Waals surface area contributed by atoms with E-state index in [1.807, 2.05) is 0 Å². The highest BCUT2D eigenvalue weighted by Gasteiger charge is 2.24. The van der Waals surface area contributed by atoms with Gasteiger partial charge in [0.25, 0.3) is 0 Å². The monoisotopic (exact) mass is 172 g/mol. The first-order chi connectivity index (χ1) is 6.45. The van der Waals surface area contributed by atoms with Crippen LogP contribution in [0.4, 0.5) is 0 Å². The summed E-state index contributed by atoms with van der Waals surface area (Å²) in [5.41, 5.74) is 5.32. The summed E-state index contributed by atoms with van der Waals surface area (Å²) < 4.78 is 0. The minimum absolute atomic E-state index is 0.948. The molecule has 0 aromatic rings. The molecule has 0 bridgehead atoms. The largest absolute Gasteiger partial charge is 0.311 e. The predicted molar refractivity (Wildman–Crippen MR) is 53.8 cm³/mol. The molecular formula is C11H12N2. The summed E-state index contributed by atoms with van der Waals surface area (Å²) in [6, 6.07) is 0. The molecule has 1 saturated heterocycles. The van der Waals surface area contributed by atoms with Crippen LogP contribution < -0.4 is 5.32 Å². The van der Waals surface area contributed by atoms with E-state index in [1.165, 1.54) is 22.6 Å². The smallest absolute Gasteiger partial charge is 0.0672 e. The molecule has 1 aliphatic carbocycles. The lowest BCUT2D eigenvalue weighted by molar-refractivity contribution is 0.734. The molecule has 66 valence electrons. The number of allylic oxidation sites excluding steroid dienone is 3. The second kappa shape index (κ2) is 2.67. The van der Waals surface area contributed by atoms with E-state index >= 15 is 0 Å². The fraction of sp³-hybridized carbons (Fsp3) is 0.364. The van der Waals surface area contributed by atoms with Gasteiger partial charge in [0.15, 0.2) is 0 Å². The highest BCUT2D eigenvalue weighted by molar-refractivity contribution is 6.07. The molecule has 2 heterocycles. The minimum atomic E-state index is 0.948. The maximum absolute atomic E-state index is 4.62. The van der Waals surface area contributed by atoms with Crippen LogP contribution in [0.25, 0.3) is 0 Å². The second-order valence-corrected chi connectivity index (χ2v) is 3.60. The van der Waals surface area contributed by atoms with Crippen molar-refractivity contribution in [3.05, 3.63) is 35.1 Å². The van der Waals surface area contributed by atoms with Crippen molar-refractivity contribution in [1.82, 2.24) is 5.32 Å². The van der Waals surface area contributed by atoms with E-state index in [9.17, 15) is 0 Å². The molecule has 1 N–H and O–H groups in total. The quantitative estimate of drug-likeness (QED) is 0.589. The standard InChI is InChI=1S/C11H12N2/c1-2-4-10-8(3-1)9-5-6-12-7-11(9)13-10/h1,3-4,12H,2,5-7H2. The summed E-state index contributed by atoms with van der Waals surface area (Å²) in [6.07, 6.45) is 8.83. The molecule has 0 radical (unpaired) electrons. The van der Waals surface area contributed by atoms with Gasteiger partial charge in [-0.3, -0.25) is 4.99 Å². The van der Waals surface area contributed by atoms with Crippen LogP contribution in [0, 0.1) is 0 Å². The summed E-state index contributed by atoms with van der Waals surface area (Å²) in [4.78, 5) is 4.62. The van der Waals surface area contributed by atoms with E-state index in [2.05, 4.69) is 28.5 Å². The number of hydrogen-bond acceptors (Lipinski definition) is 2. The van der Waals surface area contributed by atoms with E-state index in [0.717, 1.165) is 25.9 Å². The molecule has 3 aliphatic rings. The molecule has 0 aromatic carbocycles. The van der Waals surface area contributed by atoms with Gasteiger partial charge in [0.2, 0.25) is 0 Å². The first-order valence-electron chi connectivity index (χ1n) is 4.84. The highest BCUT2D eigenvalue weighted by Crippen LogP contribution is 2.32. The molecule has 0 spiro atoms. The zero-order valence-electron chi connectivity index (χ0n) is 7.51. The van der Waals surface area contributed by atoms with E-state index in [0.29, 0.717) is 0 Å². The van der Waals surface area contributed by atoms with Crippen molar-refractivity contribution in [2.24, 2.45) is 4.99 Å². The van der Waals surface area contributed by atoms with Gasteiger partial charge in [-0.1, -0.05) is 18.2 Å². The summed E-state index contributed by atoms with van der Waals surface area (Å²) in [6.45, 7) is 2.04. The van der Waals surface area contributed by atoms with Crippen LogP contribution in [0.5, 0.6) is 0 Å². The Morgan fingerprint density at radius 2 is 2.38 bits per heavy atom. The predicted octanol–water partition coefficient (Wildman–Crippen LogP) is 1.57. The Hall–Kier alpha value is -1.15. The molecule has 0 aromatic heterocycles. The molecule has 2 aliphatic heterocycles. The van der Waals surface area contributed by atoms with Gasteiger partial charge < -0.3 is 5.32 Å². The normalized spacial score (nSPS) is 25.2. The fourth-order valence-corrected chi connectivity index (χ4v) is 2.14. The highest BCUT2D eigenvalue weighted by atomic mass is 14.9. The Morgan fingerprint density at radius 3 is 3.38 bits per heavy atom. The maximum atomic E-state index is 4.62. The molecule has 0 saturated carbocycles. The second-order valence-electron chi connectivity index (χ2n) is 3.60. The fourth-order valence-electron chi connectivity index (χ4n) is 2.14. The van der Waals surface area contributed by atoms with E-state index in [4.69, 9.17) is 0 Å². The molecule has 2 nitrogen and oxygen atoms in total. The minimum Gasteiger partial charge on any atom is -0.311 e. The lowest BCUT2D eigenvalue weighted by Crippen LogP contribution is -2.31. The van der Waals surface area contributed by atoms with Crippen molar-refractivity contribution in [1.29, 1.82) is 0 Å². The third kappa shape index (κ3) is 1.02. The number of hydrogen-bond donors (Lipinski definition) is 1. The summed E-state index contributed by atoms with van der Waals surface area (Å²) in [5, 5.41) is 3.35. The Labute approximate surface area is 77.7 Å². The van der Waals surface area contributed by atoms with E-state index < -0.39 is 0 Å². The van der Waals surface area contributed by atoms with Crippen molar-refractivity contribution >= 4 is 5.71 Å². The molecule has 0 amide bonds. The van der Waals surface area contributed by atoms with Gasteiger partial charge in [-0.25, -0.2) is 0 Å². The number of aliphatic imine (C=N–C) groups is 1. The molecule has 2 heteroatoms. The molecule has 0 unspecified atom stereocenters. The summed E-state index contributed by atoms with van der Waals surface area (Å²) in [7, 11) is 0. The Morgan fingerprint density at radius 1 is 1.38 bits per heavy atom. The summed E-state index contributed by atoms with van der Waals surface area (Å²) in [5.74, 6) is 0. The first kappa shape index (κ1) is 7.27. The Bertz CT molecular complexity index is 370. The molecular weight excluding hydrogens is 160 g/mol. The topological polar surface area (TPSA) is 24.4 Å². The van der Waals surface area contributed by atoms with Crippen LogP contribution in [0.3, 0.4) is 0 Å². The van der Waals surface area contributed by atoms with Crippen molar-refractivity contribution in [2.75, 3.05) is 13.1 Å². The van der Waals surface area contributed by atoms with Crippen molar-refractivity contribution in [3.8, 4) is 0 Å². The Balaban J connectivity index is 2.12. The SMILES string of the molecule is C1=CC2=C3CCNCC3=NC2=CC1. The molecule has 1 fully saturated rings. The van der Waals surface area contributed by atoms with Crippen molar-refractivity contribution in [3.63, 3.8) is 0 Å². The van der Waals surface area contributed by atoms with Crippen LogP contribution in [-0.2, 0) is 0 Å². The average molecular weight is 172 g/mol. The lowest BCUT2D eigenvalue weighted by atomic mass is 9.96. The van der Waals surface area contributed by atoms with Crippen LogP contribution in [0.1, 0.15) is 12.8 Å². The zero-order valence-corrected chi connectivity index (χ0v) is 7.51. The van der Waals surface area contributed by atoms with Gasteiger partial charge in [-0.2, -0.15) is 0 Å². The number of fused-ring (bicyclic) bond motifs is 2. The van der Waals surface area contributed by atoms with Crippen LogP contribution in [0.2, 0.25) is 0 Å². The van der Waals surface area contributed by atoms with Gasteiger partial charge in [0.05, 0.1) is 11.4 Å². The third-order valence-electron chi connectivity index (χ3n) is 2.78. The number of nitrogens with one attached hydrogen (secondary N) is 1. The van der Waals surface area contributed by atoms with Crippen LogP contribution >= 0.6 is 0 Å². The number of rotatable bonds is 0. The lowest BCUT2D eigenvalue weighted by Gasteiger charge is -2.15. The van der Waals surface area contributed by atoms with Gasteiger partial charge in [-0.05, 0) is 25.0 Å². The number of piperidine rings is 1. The average Bonchev–Trinajstić information content (AvgIpc) is 2.56. The molecule has 3 rings (SSSR count).